The van der Waals surface area contributed by atoms with Gasteiger partial charge in [-0.2, -0.15) is 13.2 Å². The molecule has 0 unspecified atom stereocenters. The zero-order valence-electron chi connectivity index (χ0n) is 20.3. The van der Waals surface area contributed by atoms with Crippen LogP contribution in [0.3, 0.4) is 0 Å². The molecule has 0 bridgehead atoms. The first kappa shape index (κ1) is 25.1. The molecule has 0 aromatic heterocycles. The smallest absolute Gasteiger partial charge is 0.368 e. The number of nitrogens with one attached hydrogen (secondary N) is 2. The minimum Gasteiger partial charge on any atom is -0.368 e. The van der Waals surface area contributed by atoms with Crippen LogP contribution in [0.15, 0.2) is 91.0 Å². The van der Waals surface area contributed by atoms with Crippen LogP contribution in [0.1, 0.15) is 15.9 Å². The van der Waals surface area contributed by atoms with E-state index in [0.29, 0.717) is 37.4 Å². The second kappa shape index (κ2) is 10.5. The highest BCUT2D eigenvalue weighted by Crippen LogP contribution is 2.30. The maximum Gasteiger partial charge on any atom is 0.416 e. The van der Waals surface area contributed by atoms with E-state index in [-0.39, 0.29) is 11.6 Å². The Morgan fingerprint density at radius 3 is 1.87 bits per heavy atom. The van der Waals surface area contributed by atoms with Gasteiger partial charge in [-0.3, -0.25) is 4.79 Å². The number of fused-ring (bicyclic) bond motifs is 1. The van der Waals surface area contributed by atoms with E-state index >= 15 is 0 Å². The van der Waals surface area contributed by atoms with Gasteiger partial charge in [0.15, 0.2) is 0 Å². The number of rotatable bonds is 4. The molecule has 0 saturated carbocycles. The predicted octanol–water partition coefficient (Wildman–Crippen LogP) is 6.47. The summed E-state index contributed by atoms with van der Waals surface area (Å²) in [6, 6.07) is 24.7. The van der Waals surface area contributed by atoms with Crippen molar-refractivity contribution in [2.75, 3.05) is 41.7 Å². The Bertz CT molecular complexity index is 1450. The fourth-order valence-corrected chi connectivity index (χ4v) is 4.46. The first-order valence-electron chi connectivity index (χ1n) is 12.1. The second-order valence-corrected chi connectivity index (χ2v) is 9.04. The third kappa shape index (κ3) is 5.72. The third-order valence-corrected chi connectivity index (χ3v) is 6.52. The molecule has 3 amide bonds. The van der Waals surface area contributed by atoms with Gasteiger partial charge in [-0.05, 0) is 71.4 Å². The minimum atomic E-state index is -4.43. The minimum absolute atomic E-state index is 0.0222. The quantitative estimate of drug-likeness (QED) is 0.326. The Morgan fingerprint density at radius 1 is 0.684 bits per heavy atom. The van der Waals surface area contributed by atoms with Gasteiger partial charge in [-0.25, -0.2) is 4.79 Å². The van der Waals surface area contributed by atoms with Crippen molar-refractivity contribution in [2.45, 2.75) is 6.18 Å². The predicted molar refractivity (Wildman–Crippen MR) is 143 cm³/mol. The Kier molecular flexibility index (Phi) is 6.91. The van der Waals surface area contributed by atoms with E-state index < -0.39 is 17.8 Å². The molecule has 1 heterocycles. The Balaban J connectivity index is 1.13. The van der Waals surface area contributed by atoms with Crippen molar-refractivity contribution < 1.29 is 22.8 Å². The summed E-state index contributed by atoms with van der Waals surface area (Å²) < 4.78 is 38.1. The SMILES string of the molecule is O=C(Nc1ccc(N2CCN(C(=O)c3ccc4ccccc4c3)CC2)cc1)Nc1ccc(C(F)(F)F)cc1. The average Bonchev–Trinajstić information content (AvgIpc) is 2.92. The maximum atomic E-state index is 13.0. The van der Waals surface area contributed by atoms with Gasteiger partial charge in [0.2, 0.25) is 0 Å². The number of alkyl halides is 3. The molecule has 6 nitrogen and oxygen atoms in total. The van der Waals surface area contributed by atoms with Crippen LogP contribution in [0.5, 0.6) is 0 Å². The number of benzene rings is 4. The summed E-state index contributed by atoms with van der Waals surface area (Å²) in [4.78, 5) is 29.3. The van der Waals surface area contributed by atoms with Crippen molar-refractivity contribution in [3.05, 3.63) is 102 Å². The average molecular weight is 519 g/mol. The Hall–Kier alpha value is -4.53. The van der Waals surface area contributed by atoms with Crippen LogP contribution < -0.4 is 15.5 Å². The molecule has 38 heavy (non-hydrogen) atoms. The highest BCUT2D eigenvalue weighted by Gasteiger charge is 2.30. The first-order chi connectivity index (χ1) is 18.3. The van der Waals surface area contributed by atoms with Crippen molar-refractivity contribution in [2.24, 2.45) is 0 Å². The standard InChI is InChI=1S/C29H25F3N4O2/c30-29(31,32)23-7-9-24(10-8-23)33-28(38)34-25-11-13-26(14-12-25)35-15-17-36(18-16-35)27(37)22-6-5-20-3-1-2-4-21(20)19-22/h1-14,19H,15-18H2,(H2,33,34,38). The Labute approximate surface area is 217 Å². The highest BCUT2D eigenvalue weighted by molar-refractivity contribution is 6.00. The topological polar surface area (TPSA) is 64.7 Å². The molecule has 194 valence electrons. The van der Waals surface area contributed by atoms with Crippen molar-refractivity contribution >= 4 is 39.8 Å². The summed E-state index contributed by atoms with van der Waals surface area (Å²) in [5, 5.41) is 7.34. The number of hydrogen-bond acceptors (Lipinski definition) is 3. The van der Waals surface area contributed by atoms with Crippen molar-refractivity contribution in [1.82, 2.24) is 4.90 Å². The molecule has 2 N–H and O–H groups in total. The summed E-state index contributed by atoms with van der Waals surface area (Å²) >= 11 is 0. The van der Waals surface area contributed by atoms with E-state index in [9.17, 15) is 22.8 Å². The van der Waals surface area contributed by atoms with Crippen LogP contribution in [-0.2, 0) is 6.18 Å². The summed E-state index contributed by atoms with van der Waals surface area (Å²) in [7, 11) is 0. The molecule has 0 aliphatic carbocycles. The number of halogens is 3. The number of carbonyl (C=O) groups is 2. The molecule has 1 aliphatic rings. The fourth-order valence-electron chi connectivity index (χ4n) is 4.46. The van der Waals surface area contributed by atoms with E-state index in [4.69, 9.17) is 0 Å². The van der Waals surface area contributed by atoms with Crippen LogP contribution >= 0.6 is 0 Å². The molecule has 0 radical (unpaired) electrons. The monoisotopic (exact) mass is 518 g/mol. The van der Waals surface area contributed by atoms with E-state index in [1.165, 1.54) is 12.1 Å². The zero-order valence-corrected chi connectivity index (χ0v) is 20.3. The lowest BCUT2D eigenvalue weighted by molar-refractivity contribution is -0.137. The second-order valence-electron chi connectivity index (χ2n) is 9.04. The normalized spacial score (nSPS) is 13.9. The first-order valence-corrected chi connectivity index (χ1v) is 12.1. The summed E-state index contributed by atoms with van der Waals surface area (Å²) in [5.74, 6) is 0.0222. The van der Waals surface area contributed by atoms with Gasteiger partial charge in [0.05, 0.1) is 5.56 Å². The van der Waals surface area contributed by atoms with E-state index in [1.807, 2.05) is 59.5 Å². The molecule has 4 aromatic carbocycles. The van der Waals surface area contributed by atoms with Gasteiger partial charge in [0.1, 0.15) is 0 Å². The fraction of sp³-hybridized carbons (Fsp3) is 0.172. The van der Waals surface area contributed by atoms with Crippen LogP contribution in [0.2, 0.25) is 0 Å². The summed E-state index contributed by atoms with van der Waals surface area (Å²) in [6.07, 6.45) is -4.43. The molecule has 4 aromatic rings. The molecule has 0 spiro atoms. The van der Waals surface area contributed by atoms with Gasteiger partial charge >= 0.3 is 12.2 Å². The largest absolute Gasteiger partial charge is 0.416 e. The lowest BCUT2D eigenvalue weighted by atomic mass is 10.1. The Morgan fingerprint density at radius 2 is 1.26 bits per heavy atom. The lowest BCUT2D eigenvalue weighted by Gasteiger charge is -2.36. The zero-order chi connectivity index (χ0) is 26.7. The molecule has 1 saturated heterocycles. The molecule has 0 atom stereocenters. The molecule has 5 rings (SSSR count). The number of hydrogen-bond donors (Lipinski definition) is 2. The van der Waals surface area contributed by atoms with Crippen molar-refractivity contribution in [3.63, 3.8) is 0 Å². The van der Waals surface area contributed by atoms with Crippen LogP contribution in [0, 0.1) is 0 Å². The summed E-state index contributed by atoms with van der Waals surface area (Å²) in [6.45, 7) is 2.56. The van der Waals surface area contributed by atoms with E-state index in [2.05, 4.69) is 15.5 Å². The van der Waals surface area contributed by atoms with Gasteiger partial charge in [0, 0.05) is 48.8 Å². The third-order valence-electron chi connectivity index (χ3n) is 6.52. The van der Waals surface area contributed by atoms with Crippen LogP contribution in [-0.4, -0.2) is 43.0 Å². The van der Waals surface area contributed by atoms with Crippen molar-refractivity contribution in [3.8, 4) is 0 Å². The highest BCUT2D eigenvalue weighted by atomic mass is 19.4. The summed E-state index contributed by atoms with van der Waals surface area (Å²) in [5.41, 5.74) is 1.67. The van der Waals surface area contributed by atoms with Crippen molar-refractivity contribution in [1.29, 1.82) is 0 Å². The van der Waals surface area contributed by atoms with Gasteiger partial charge in [-0.1, -0.05) is 30.3 Å². The number of nitrogens with zero attached hydrogens (tertiary/aromatic N) is 2. The van der Waals surface area contributed by atoms with Gasteiger partial charge in [0.25, 0.3) is 5.91 Å². The van der Waals surface area contributed by atoms with Gasteiger partial charge < -0.3 is 20.4 Å². The molecule has 1 aliphatic heterocycles. The number of carbonyl (C=O) groups excluding carboxylic acids is 2. The van der Waals surface area contributed by atoms with E-state index in [1.54, 1.807) is 12.1 Å². The number of piperazine rings is 1. The number of amides is 3. The van der Waals surface area contributed by atoms with E-state index in [0.717, 1.165) is 28.6 Å². The number of urea groups is 1. The molecule has 9 heteroatoms. The van der Waals surface area contributed by atoms with Gasteiger partial charge in [-0.15, -0.1) is 0 Å². The lowest BCUT2D eigenvalue weighted by Crippen LogP contribution is -2.48. The van der Waals surface area contributed by atoms with Crippen LogP contribution in [0.25, 0.3) is 10.8 Å². The number of anilines is 3. The molecular formula is C29H25F3N4O2. The molecular weight excluding hydrogens is 493 g/mol. The molecule has 1 fully saturated rings. The maximum absolute atomic E-state index is 13.0. The van der Waals surface area contributed by atoms with Crippen LogP contribution in [0.4, 0.5) is 35.0 Å².